The highest BCUT2D eigenvalue weighted by molar-refractivity contribution is 6.27. The lowest BCUT2D eigenvalue weighted by Crippen LogP contribution is -2.51. The summed E-state index contributed by atoms with van der Waals surface area (Å²) in [5.74, 6) is -2.71. The Morgan fingerprint density at radius 2 is 1.29 bits per heavy atom. The lowest BCUT2D eigenvalue weighted by atomic mass is 10.1. The summed E-state index contributed by atoms with van der Waals surface area (Å²) in [6, 6.07) is 3.46. The molecule has 2 heterocycles. The minimum absolute atomic E-state index is 0.0373. The fraction of sp³-hybridized carbons (Fsp3) is 0.565. The van der Waals surface area contributed by atoms with Crippen LogP contribution in [0.5, 0.6) is 17.2 Å². The van der Waals surface area contributed by atoms with Crippen LogP contribution in [0.25, 0.3) is 0 Å². The molecule has 0 radical (unpaired) electrons. The van der Waals surface area contributed by atoms with E-state index in [-0.39, 0.29) is 17.6 Å². The Morgan fingerprint density at radius 1 is 0.800 bits per heavy atom. The van der Waals surface area contributed by atoms with Gasteiger partial charge in [-0.2, -0.15) is 0 Å². The van der Waals surface area contributed by atoms with Crippen molar-refractivity contribution in [3.63, 3.8) is 0 Å². The fourth-order valence-corrected chi connectivity index (χ4v) is 3.91. The lowest BCUT2D eigenvalue weighted by Gasteiger charge is -2.35. The summed E-state index contributed by atoms with van der Waals surface area (Å²) in [4.78, 5) is 49.0. The van der Waals surface area contributed by atoms with E-state index in [0.717, 1.165) is 44.6 Å². The number of carbonyl (C=O) groups is 4. The van der Waals surface area contributed by atoms with Crippen LogP contribution >= 0.6 is 0 Å². The Kier molecular flexibility index (Phi) is 10.6. The zero-order valence-corrected chi connectivity index (χ0v) is 20.1. The molecule has 1 aromatic carbocycles. The first-order valence-electron chi connectivity index (χ1n) is 11.3. The maximum Gasteiger partial charge on any atom is 0.414 e. The molecule has 12 nitrogen and oxygen atoms in total. The van der Waals surface area contributed by atoms with Crippen molar-refractivity contribution in [2.75, 3.05) is 60.0 Å². The normalized spacial score (nSPS) is 15.7. The molecular formula is C23H33N3O9. The minimum atomic E-state index is -1.82. The van der Waals surface area contributed by atoms with Gasteiger partial charge in [-0.05, 0) is 37.0 Å². The Morgan fingerprint density at radius 3 is 1.74 bits per heavy atom. The second-order valence-corrected chi connectivity index (χ2v) is 8.20. The number of aromatic hydroxyl groups is 1. The monoisotopic (exact) mass is 495 g/mol. The molecule has 12 heteroatoms. The number of carboxylic acid groups (broad SMARTS) is 2. The molecule has 2 aliphatic heterocycles. The molecule has 3 rings (SSSR count). The predicted octanol–water partition coefficient (Wildman–Crippen LogP) is 0.264. The highest BCUT2D eigenvalue weighted by Crippen LogP contribution is 2.37. The smallest absolute Gasteiger partial charge is 0.414 e. The summed E-state index contributed by atoms with van der Waals surface area (Å²) in [6.45, 7) is 4.96. The first kappa shape index (κ1) is 27.7. The number of likely N-dealkylation sites (tertiary alicyclic amines) is 1. The number of carbonyl (C=O) groups excluding carboxylic acids is 2. The molecule has 0 unspecified atom stereocenters. The molecular weight excluding hydrogens is 462 g/mol. The van der Waals surface area contributed by atoms with Crippen LogP contribution in [-0.2, 0) is 25.6 Å². The van der Waals surface area contributed by atoms with Gasteiger partial charge in [0.2, 0.25) is 17.6 Å². The number of carboxylic acids is 2. The number of piperazine rings is 1. The van der Waals surface area contributed by atoms with Gasteiger partial charge in [0.15, 0.2) is 11.5 Å². The van der Waals surface area contributed by atoms with Crippen molar-refractivity contribution in [1.29, 1.82) is 0 Å². The van der Waals surface area contributed by atoms with E-state index in [9.17, 15) is 14.7 Å². The quantitative estimate of drug-likeness (QED) is 0.448. The number of benzene rings is 1. The maximum absolute atomic E-state index is 12.6. The number of amides is 2. The molecule has 2 saturated heterocycles. The van der Waals surface area contributed by atoms with Crippen molar-refractivity contribution in [2.45, 2.75) is 25.7 Å². The van der Waals surface area contributed by atoms with Crippen LogP contribution in [0.2, 0.25) is 0 Å². The van der Waals surface area contributed by atoms with Crippen molar-refractivity contribution in [3.8, 4) is 17.2 Å². The van der Waals surface area contributed by atoms with E-state index in [1.165, 1.54) is 14.2 Å². The highest BCUT2D eigenvalue weighted by atomic mass is 16.5. The number of phenols is 1. The zero-order valence-electron chi connectivity index (χ0n) is 20.1. The van der Waals surface area contributed by atoms with Crippen LogP contribution < -0.4 is 9.47 Å². The average Bonchev–Trinajstić information content (AvgIpc) is 3.39. The van der Waals surface area contributed by atoms with E-state index in [2.05, 4.69) is 4.90 Å². The molecule has 0 spiro atoms. The van der Waals surface area contributed by atoms with Gasteiger partial charge in [0, 0.05) is 45.7 Å². The maximum atomic E-state index is 12.6. The summed E-state index contributed by atoms with van der Waals surface area (Å²) in [5.41, 5.74) is 0.875. The third-order valence-corrected chi connectivity index (χ3v) is 5.89. The summed E-state index contributed by atoms with van der Waals surface area (Å²) in [5, 5.41) is 24.8. The molecule has 194 valence electrons. The molecule has 2 amide bonds. The van der Waals surface area contributed by atoms with Crippen molar-refractivity contribution >= 4 is 23.8 Å². The number of ether oxygens (including phenoxy) is 2. The number of phenolic OH excluding ortho intramolecular Hbond substituents is 1. The van der Waals surface area contributed by atoms with E-state index >= 15 is 0 Å². The summed E-state index contributed by atoms with van der Waals surface area (Å²) < 4.78 is 10.3. The second-order valence-electron chi connectivity index (χ2n) is 8.20. The molecule has 2 aliphatic rings. The van der Waals surface area contributed by atoms with Crippen molar-refractivity contribution in [3.05, 3.63) is 17.7 Å². The van der Waals surface area contributed by atoms with Crippen molar-refractivity contribution in [2.24, 2.45) is 0 Å². The third kappa shape index (κ3) is 8.32. The van der Waals surface area contributed by atoms with Crippen LogP contribution in [0.3, 0.4) is 0 Å². The molecule has 2 fully saturated rings. The van der Waals surface area contributed by atoms with E-state index < -0.39 is 11.9 Å². The molecule has 0 atom stereocenters. The Balaban J connectivity index is 0.000000641. The van der Waals surface area contributed by atoms with Crippen molar-refractivity contribution in [1.82, 2.24) is 14.7 Å². The minimum Gasteiger partial charge on any atom is -0.502 e. The number of hydrogen-bond donors (Lipinski definition) is 3. The van der Waals surface area contributed by atoms with Gasteiger partial charge in [0.05, 0.1) is 20.8 Å². The van der Waals surface area contributed by atoms with Crippen molar-refractivity contribution < 1.29 is 44.0 Å². The number of rotatable bonds is 7. The average molecular weight is 496 g/mol. The van der Waals surface area contributed by atoms with Crippen LogP contribution in [0, 0.1) is 0 Å². The van der Waals surface area contributed by atoms with Gasteiger partial charge in [-0.15, -0.1) is 0 Å². The molecule has 0 bridgehead atoms. The lowest BCUT2D eigenvalue weighted by molar-refractivity contribution is -0.159. The fourth-order valence-electron chi connectivity index (χ4n) is 3.91. The van der Waals surface area contributed by atoms with Crippen LogP contribution in [0.1, 0.15) is 24.8 Å². The number of hydrogen-bond acceptors (Lipinski definition) is 8. The van der Waals surface area contributed by atoms with E-state index in [0.29, 0.717) is 44.0 Å². The largest absolute Gasteiger partial charge is 0.502 e. The van der Waals surface area contributed by atoms with Gasteiger partial charge in [0.25, 0.3) is 0 Å². The zero-order chi connectivity index (χ0) is 26.0. The topological polar surface area (TPSA) is 157 Å². The standard InChI is InChI=1S/C21H31N3O5.C2H2O4/c1-28-17-13-16(14-18(29-2)21(17)27)5-6-19(25)24-11-9-22(10-12-24)15-20(26)23-7-3-4-8-23;3-1(4)2(5)6/h13-14,27H,3-12,15H2,1-2H3;(H,3,4)(H,5,6). The van der Waals surface area contributed by atoms with Crippen LogP contribution in [0.15, 0.2) is 12.1 Å². The molecule has 3 N–H and O–H groups in total. The molecule has 1 aromatic rings. The van der Waals surface area contributed by atoms with Gasteiger partial charge < -0.3 is 34.6 Å². The van der Waals surface area contributed by atoms with Gasteiger partial charge in [-0.25, -0.2) is 9.59 Å². The highest BCUT2D eigenvalue weighted by Gasteiger charge is 2.25. The third-order valence-electron chi connectivity index (χ3n) is 5.89. The Hall–Kier alpha value is -3.54. The van der Waals surface area contributed by atoms with E-state index in [4.69, 9.17) is 29.3 Å². The summed E-state index contributed by atoms with van der Waals surface area (Å²) in [6.07, 6.45) is 3.13. The summed E-state index contributed by atoms with van der Waals surface area (Å²) in [7, 11) is 2.97. The van der Waals surface area contributed by atoms with E-state index in [1.54, 1.807) is 12.1 Å². The first-order valence-corrected chi connectivity index (χ1v) is 11.3. The number of nitrogens with zero attached hydrogens (tertiary/aromatic N) is 3. The van der Waals surface area contributed by atoms with Crippen LogP contribution in [-0.4, -0.2) is 114 Å². The van der Waals surface area contributed by atoms with Gasteiger partial charge in [0.1, 0.15) is 0 Å². The number of aliphatic carboxylic acids is 2. The summed E-state index contributed by atoms with van der Waals surface area (Å²) >= 11 is 0. The first-order chi connectivity index (χ1) is 16.7. The number of methoxy groups -OCH3 is 2. The van der Waals surface area contributed by atoms with Crippen LogP contribution in [0.4, 0.5) is 0 Å². The Labute approximate surface area is 203 Å². The predicted molar refractivity (Wildman–Crippen MR) is 124 cm³/mol. The molecule has 0 aliphatic carbocycles. The van der Waals surface area contributed by atoms with E-state index in [1.807, 2.05) is 9.80 Å². The Bertz CT molecular complexity index is 870. The van der Waals surface area contributed by atoms with Gasteiger partial charge in [-0.1, -0.05) is 0 Å². The molecule has 0 saturated carbocycles. The number of aryl methyl sites for hydroxylation is 1. The molecule has 0 aromatic heterocycles. The SMILES string of the molecule is COc1cc(CCC(=O)N2CCN(CC(=O)N3CCCC3)CC2)cc(OC)c1O.O=C(O)C(=O)O. The van der Waals surface area contributed by atoms with Gasteiger partial charge in [-0.3, -0.25) is 14.5 Å². The second kappa shape index (κ2) is 13.4. The van der Waals surface area contributed by atoms with Gasteiger partial charge >= 0.3 is 11.9 Å². The molecule has 35 heavy (non-hydrogen) atoms.